The minimum atomic E-state index is -0.328. The van der Waals surface area contributed by atoms with Gasteiger partial charge in [0.1, 0.15) is 15.6 Å². The molecule has 0 radical (unpaired) electrons. The Kier molecular flexibility index (Phi) is 6.36. The van der Waals surface area contributed by atoms with E-state index in [-0.39, 0.29) is 12.0 Å². The quantitative estimate of drug-likeness (QED) is 0.473. The van der Waals surface area contributed by atoms with Gasteiger partial charge in [-0.15, -0.1) is 11.3 Å². The van der Waals surface area contributed by atoms with Crippen LogP contribution >= 0.6 is 11.3 Å². The lowest BCUT2D eigenvalue weighted by molar-refractivity contribution is 0.0531. The van der Waals surface area contributed by atoms with Crippen LogP contribution in [0.2, 0.25) is 0 Å². The number of ether oxygens (including phenoxy) is 1. The van der Waals surface area contributed by atoms with Gasteiger partial charge in [-0.25, -0.2) is 9.78 Å². The maximum absolute atomic E-state index is 11.9. The van der Waals surface area contributed by atoms with Crippen LogP contribution in [0.15, 0.2) is 27.8 Å². The van der Waals surface area contributed by atoms with E-state index >= 15 is 0 Å². The highest BCUT2D eigenvalue weighted by atomic mass is 32.1. The number of hydrogen-bond donors (Lipinski definition) is 2. The number of nitrogens with zero attached hydrogens (tertiary/aromatic N) is 2. The first-order valence-corrected chi connectivity index (χ1v) is 8.50. The number of carbonyl (C=O) groups is 1. The van der Waals surface area contributed by atoms with E-state index in [2.05, 4.69) is 20.6 Å². The molecule has 130 valence electrons. The van der Waals surface area contributed by atoms with Crippen molar-refractivity contribution in [2.45, 2.75) is 33.4 Å². The molecule has 0 aromatic carbocycles. The molecule has 0 aliphatic carbocycles. The smallest absolute Gasteiger partial charge is 0.350 e. The molecule has 24 heavy (non-hydrogen) atoms. The summed E-state index contributed by atoms with van der Waals surface area (Å²) in [5.41, 5.74) is 0.681. The molecule has 8 heteroatoms. The van der Waals surface area contributed by atoms with Gasteiger partial charge in [0.05, 0.1) is 31.2 Å². The number of aryl methyl sites for hydroxylation is 1. The molecular formula is C16H22N4O3S. The van der Waals surface area contributed by atoms with E-state index in [1.807, 2.05) is 26.0 Å². The molecule has 0 aliphatic rings. The van der Waals surface area contributed by atoms with Gasteiger partial charge in [-0.3, -0.25) is 4.99 Å². The number of rotatable bonds is 6. The molecule has 7 nitrogen and oxygen atoms in total. The Morgan fingerprint density at radius 1 is 1.54 bits per heavy atom. The van der Waals surface area contributed by atoms with Crippen LogP contribution in [0.25, 0.3) is 0 Å². The molecule has 2 N–H and O–H groups in total. The highest BCUT2D eigenvalue weighted by molar-refractivity contribution is 7.13. The normalized spacial score (nSPS) is 12.8. The average molecular weight is 350 g/mol. The van der Waals surface area contributed by atoms with Gasteiger partial charge in [0.15, 0.2) is 5.96 Å². The maximum atomic E-state index is 11.9. The molecule has 0 saturated heterocycles. The van der Waals surface area contributed by atoms with Crippen molar-refractivity contribution in [3.8, 4) is 0 Å². The predicted molar refractivity (Wildman–Crippen MR) is 93.3 cm³/mol. The van der Waals surface area contributed by atoms with E-state index in [1.165, 1.54) is 11.3 Å². The predicted octanol–water partition coefficient (Wildman–Crippen LogP) is 2.65. The zero-order valence-electron chi connectivity index (χ0n) is 14.3. The second-order valence-electron chi connectivity index (χ2n) is 5.06. The largest absolute Gasteiger partial charge is 0.467 e. The Labute approximate surface area is 145 Å². The number of hydrogen-bond acceptors (Lipinski definition) is 6. The van der Waals surface area contributed by atoms with Crippen LogP contribution in [0, 0.1) is 6.92 Å². The number of nitrogens with one attached hydrogen (secondary N) is 2. The van der Waals surface area contributed by atoms with Crippen molar-refractivity contribution in [1.82, 2.24) is 15.6 Å². The van der Waals surface area contributed by atoms with Crippen molar-refractivity contribution in [2.24, 2.45) is 4.99 Å². The van der Waals surface area contributed by atoms with Crippen LogP contribution in [0.5, 0.6) is 0 Å². The summed E-state index contributed by atoms with van der Waals surface area (Å²) >= 11 is 1.33. The summed E-state index contributed by atoms with van der Waals surface area (Å²) in [5, 5.41) is 7.22. The fraction of sp³-hybridized carbons (Fsp3) is 0.438. The highest BCUT2D eigenvalue weighted by Crippen LogP contribution is 2.24. The third-order valence-electron chi connectivity index (χ3n) is 3.23. The Morgan fingerprint density at radius 3 is 2.96 bits per heavy atom. The zero-order valence-corrected chi connectivity index (χ0v) is 15.1. The fourth-order valence-corrected chi connectivity index (χ4v) is 3.00. The summed E-state index contributed by atoms with van der Waals surface area (Å²) in [5.74, 6) is 1.12. The fourth-order valence-electron chi connectivity index (χ4n) is 2.03. The molecule has 2 aromatic heterocycles. The number of thiazole rings is 1. The van der Waals surface area contributed by atoms with Crippen molar-refractivity contribution in [2.75, 3.05) is 13.7 Å². The van der Waals surface area contributed by atoms with Crippen LogP contribution < -0.4 is 10.6 Å². The summed E-state index contributed by atoms with van der Waals surface area (Å²) in [6.45, 7) is 6.44. The third-order valence-corrected chi connectivity index (χ3v) is 4.55. The van der Waals surface area contributed by atoms with Gasteiger partial charge < -0.3 is 19.8 Å². The van der Waals surface area contributed by atoms with Gasteiger partial charge in [-0.2, -0.15) is 0 Å². The molecule has 1 unspecified atom stereocenters. The van der Waals surface area contributed by atoms with E-state index in [9.17, 15) is 4.79 Å². The average Bonchev–Trinajstić information content (AvgIpc) is 3.20. The van der Waals surface area contributed by atoms with Crippen molar-refractivity contribution in [1.29, 1.82) is 0 Å². The molecule has 0 bridgehead atoms. The highest BCUT2D eigenvalue weighted by Gasteiger charge is 2.20. The maximum Gasteiger partial charge on any atom is 0.350 e. The van der Waals surface area contributed by atoms with E-state index in [0.717, 1.165) is 10.8 Å². The SMILES string of the molecule is CCOC(=O)c1sc(C(C)NC(=NC)NCc2ccco2)nc1C. The van der Waals surface area contributed by atoms with Gasteiger partial charge in [-0.05, 0) is 32.9 Å². The lowest BCUT2D eigenvalue weighted by atomic mass is 10.3. The Morgan fingerprint density at radius 2 is 2.33 bits per heavy atom. The topological polar surface area (TPSA) is 88.8 Å². The standard InChI is InChI=1S/C16H22N4O3S/c1-5-22-15(21)13-10(2)19-14(24-13)11(3)20-16(17-4)18-9-12-7-6-8-23-12/h6-8,11H,5,9H2,1-4H3,(H2,17,18,20). The van der Waals surface area contributed by atoms with Gasteiger partial charge in [0, 0.05) is 7.05 Å². The first-order valence-electron chi connectivity index (χ1n) is 7.69. The number of carbonyl (C=O) groups excluding carboxylic acids is 1. The summed E-state index contributed by atoms with van der Waals surface area (Å²) < 4.78 is 10.3. The minimum absolute atomic E-state index is 0.0975. The molecule has 2 rings (SSSR count). The molecular weight excluding hydrogens is 328 g/mol. The molecule has 0 aliphatic heterocycles. The first-order chi connectivity index (χ1) is 11.5. The summed E-state index contributed by atoms with van der Waals surface area (Å²) in [7, 11) is 1.70. The number of aromatic nitrogens is 1. The van der Waals surface area contributed by atoms with Crippen LogP contribution in [0.4, 0.5) is 0 Å². The van der Waals surface area contributed by atoms with Crippen LogP contribution in [-0.2, 0) is 11.3 Å². The monoisotopic (exact) mass is 350 g/mol. The molecule has 2 heterocycles. The molecule has 2 aromatic rings. The van der Waals surface area contributed by atoms with Crippen LogP contribution in [-0.4, -0.2) is 30.6 Å². The second-order valence-corrected chi connectivity index (χ2v) is 6.09. The van der Waals surface area contributed by atoms with Gasteiger partial charge in [0.25, 0.3) is 0 Å². The molecule has 0 amide bonds. The van der Waals surface area contributed by atoms with Gasteiger partial charge in [-0.1, -0.05) is 0 Å². The molecule has 0 fully saturated rings. The second kappa shape index (κ2) is 8.49. The first kappa shape index (κ1) is 18.0. The van der Waals surface area contributed by atoms with Crippen molar-refractivity contribution >= 4 is 23.3 Å². The van der Waals surface area contributed by atoms with Gasteiger partial charge >= 0.3 is 5.97 Å². The summed E-state index contributed by atoms with van der Waals surface area (Å²) in [6.07, 6.45) is 1.63. The number of aliphatic imine (C=N–C) groups is 1. The van der Waals surface area contributed by atoms with E-state index < -0.39 is 0 Å². The van der Waals surface area contributed by atoms with Crippen LogP contribution in [0.1, 0.15) is 46.0 Å². The van der Waals surface area contributed by atoms with Crippen LogP contribution in [0.3, 0.4) is 0 Å². The summed E-state index contributed by atoms with van der Waals surface area (Å²) in [6, 6.07) is 3.63. The number of furan rings is 1. The van der Waals surface area contributed by atoms with E-state index in [0.29, 0.717) is 29.7 Å². The van der Waals surface area contributed by atoms with Crippen molar-refractivity contribution in [3.05, 3.63) is 39.7 Å². The van der Waals surface area contributed by atoms with Crippen molar-refractivity contribution in [3.63, 3.8) is 0 Å². The molecule has 1 atom stereocenters. The number of esters is 1. The Balaban J connectivity index is 1.98. The van der Waals surface area contributed by atoms with E-state index in [4.69, 9.17) is 9.15 Å². The minimum Gasteiger partial charge on any atom is -0.467 e. The Hall–Kier alpha value is -2.35. The molecule has 0 saturated carbocycles. The zero-order chi connectivity index (χ0) is 17.5. The Bertz CT molecular complexity index is 694. The van der Waals surface area contributed by atoms with Crippen molar-refractivity contribution < 1.29 is 13.9 Å². The lowest BCUT2D eigenvalue weighted by Gasteiger charge is -2.15. The summed E-state index contributed by atoms with van der Waals surface area (Å²) in [4.78, 5) is 21.1. The third kappa shape index (κ3) is 4.58. The number of guanidine groups is 1. The molecule has 0 spiro atoms. The lowest BCUT2D eigenvalue weighted by Crippen LogP contribution is -2.38. The van der Waals surface area contributed by atoms with E-state index in [1.54, 1.807) is 20.2 Å². The van der Waals surface area contributed by atoms with Gasteiger partial charge in [0.2, 0.25) is 0 Å².